The zero-order valence-corrected chi connectivity index (χ0v) is 85.9. The number of benzene rings is 4. The average molecular weight is 2070 g/mol. The molecule has 8 amide bonds. The Balaban J connectivity index is -0.000000273. The van der Waals surface area contributed by atoms with Crippen LogP contribution in [0.4, 0.5) is 22.7 Å². The standard InChI is InChI=1S/C24H40N4O5.C23H39N5O5.C23H36N2O6.C22H35N3O6.C5H8O2.CH3Cl.CH6N2.4CH4.H2/c1-4-5-13-31-15-17-33-18-16-32-14-7-12-26-23(29)10-11-24(30)27-22-9-6-8-21(19-22)20(2)28-25-3;1-19(28-25-2)20-6-3-7-21(18-20)27-23(30)9-8-22(29)26-11-5-13-32-15-17-33-16-14-31-12-4-10-24;1-3-4-12-29-14-16-31-17-15-30-13-6-11-24-22(27)9-10-23(28)25-21-8-5-7-20(18-21)19(2)26;1-18(26)19-5-2-6-20(17-19)25-22(28)8-7-21(27)24-10-4-12-30-14-16-31-15-13-29-11-3-9-23;1-4(6)3-5(2)7;1-2;1-3-2;;;;;/h6,8-9,19,25H,4-5,7,10-18H2,1-3H3,(H,26,29)(H,27,30);3,6-7,18,25H,4-5,8-17,24H2,1-2H3,(H,26,29)(H,27,30);5,7-8,18H,3-4,6,9-17H2,1-2H3,(H,24,27)(H,25,28);2,5-6,17H,3-4,7-16,23H2,1H3,(H,24,27)(H,25,28);3H2,1-2H3;1H3;3H,2H2,1H3;4*1H4;1H/b28-20+;28-19+;;;;;;;;;;/i;;;;;;;;;;;1+1. The minimum absolute atomic E-state index is 0. The van der Waals surface area contributed by atoms with Gasteiger partial charge >= 0.3 is 0 Å². The molecule has 4 aromatic rings. The summed E-state index contributed by atoms with van der Waals surface area (Å²) < 4.78 is 64.8. The van der Waals surface area contributed by atoms with Crippen LogP contribution in [0.5, 0.6) is 0 Å². The summed E-state index contributed by atoms with van der Waals surface area (Å²) in [6.07, 6.45) is 11.3. The summed E-state index contributed by atoms with van der Waals surface area (Å²) in [6.45, 7) is 30.6. The van der Waals surface area contributed by atoms with Crippen molar-refractivity contribution >= 4 is 116 Å². The second-order valence-corrected chi connectivity index (χ2v) is 30.5. The summed E-state index contributed by atoms with van der Waals surface area (Å²) in [7, 11) is 5.12. The number of hydrogen-bond donors (Lipinski definition) is 14. The number of carbonyl (C=O) groups excluding carboxylic acids is 12. The third-order valence-electron chi connectivity index (χ3n) is 18.0. The van der Waals surface area contributed by atoms with Gasteiger partial charge in [0.2, 0.25) is 47.3 Å². The molecular formula is C103H185ClN16O24. The Bertz CT molecular complexity index is 3740. The number of anilines is 4. The highest BCUT2D eigenvalue weighted by Gasteiger charge is 2.15. The molecule has 4 aromatic carbocycles. The van der Waals surface area contributed by atoms with E-state index in [1.54, 1.807) is 81.8 Å². The molecule has 0 aliphatic heterocycles. The van der Waals surface area contributed by atoms with E-state index in [4.69, 9.17) is 68.3 Å². The second-order valence-electron chi connectivity index (χ2n) is 30.5. The van der Waals surface area contributed by atoms with Crippen LogP contribution in [0, 0.1) is 0 Å². The fourth-order valence-corrected chi connectivity index (χ4v) is 10.9. The molecule has 41 heteroatoms. The Morgan fingerprint density at radius 1 is 0.292 bits per heavy atom. The number of hydrazine groups is 1. The van der Waals surface area contributed by atoms with Crippen molar-refractivity contribution in [2.75, 3.05) is 247 Å². The molecule has 0 aromatic heterocycles. The average Bonchev–Trinajstić information content (AvgIpc) is 1.01. The lowest BCUT2D eigenvalue weighted by molar-refractivity contribution is -0.125. The monoisotopic (exact) mass is 2070 g/mol. The van der Waals surface area contributed by atoms with E-state index in [1.807, 2.05) is 50.2 Å². The van der Waals surface area contributed by atoms with Gasteiger partial charge in [-0.3, -0.25) is 68.8 Å². The van der Waals surface area contributed by atoms with E-state index in [-0.39, 0.29) is 159 Å². The maximum absolute atomic E-state index is 12.1. The van der Waals surface area contributed by atoms with Crippen molar-refractivity contribution in [3.63, 3.8) is 0 Å². The number of amides is 8. The number of ketones is 4. The number of hydrazone groups is 2. The van der Waals surface area contributed by atoms with Crippen molar-refractivity contribution in [1.82, 2.24) is 37.5 Å². The van der Waals surface area contributed by atoms with Crippen LogP contribution in [-0.4, -0.2) is 307 Å². The van der Waals surface area contributed by atoms with Crippen LogP contribution >= 0.6 is 11.6 Å². The maximum atomic E-state index is 12.1. The smallest absolute Gasteiger partial charge is 0.224 e. The molecule has 0 aliphatic carbocycles. The normalized spacial score (nSPS) is 10.3. The molecule has 0 unspecified atom stereocenters. The van der Waals surface area contributed by atoms with Gasteiger partial charge in [0, 0.05) is 186 Å². The molecule has 4 rings (SSSR count). The molecule has 144 heavy (non-hydrogen) atoms. The van der Waals surface area contributed by atoms with Gasteiger partial charge in [0.15, 0.2) is 11.6 Å². The van der Waals surface area contributed by atoms with Crippen molar-refractivity contribution in [2.45, 2.75) is 207 Å². The van der Waals surface area contributed by atoms with Gasteiger partial charge in [-0.2, -0.15) is 10.2 Å². The van der Waals surface area contributed by atoms with Gasteiger partial charge in [0.05, 0.1) is 124 Å². The number of halogens is 1. The fraction of sp³-hybridized carbons (Fsp3) is 0.631. The Kier molecular flexibility index (Phi) is 111. The highest BCUT2D eigenvalue weighted by atomic mass is 35.5. The summed E-state index contributed by atoms with van der Waals surface area (Å²) in [6, 6.07) is 28.2. The van der Waals surface area contributed by atoms with E-state index in [0.717, 1.165) is 74.3 Å². The summed E-state index contributed by atoms with van der Waals surface area (Å²) in [5.74, 6) is 2.69. The summed E-state index contributed by atoms with van der Waals surface area (Å²) in [4.78, 5) is 139. The molecule has 0 radical (unpaired) electrons. The minimum Gasteiger partial charge on any atom is -0.379 e. The Hall–Kier alpha value is -10.1. The van der Waals surface area contributed by atoms with Crippen molar-refractivity contribution in [2.24, 2.45) is 27.5 Å². The number of ether oxygens (including phenoxy) is 12. The molecule has 828 valence electrons. The van der Waals surface area contributed by atoms with Gasteiger partial charge in [0.25, 0.3) is 0 Å². The zero-order valence-electron chi connectivity index (χ0n) is 85.2. The first kappa shape index (κ1) is 147. The Morgan fingerprint density at radius 3 is 0.667 bits per heavy atom. The maximum Gasteiger partial charge on any atom is 0.224 e. The number of nitrogens with two attached hydrogens (primary N) is 3. The van der Waals surface area contributed by atoms with Crippen LogP contribution < -0.4 is 76.1 Å². The molecule has 40 nitrogen and oxygen atoms in total. The first-order valence-corrected chi connectivity index (χ1v) is 48.7. The van der Waals surface area contributed by atoms with E-state index in [9.17, 15) is 57.5 Å². The lowest BCUT2D eigenvalue weighted by Gasteiger charge is -2.09. The number of nitrogens with zero attached hydrogens (tertiary/aromatic N) is 2. The van der Waals surface area contributed by atoms with E-state index >= 15 is 0 Å². The predicted molar refractivity (Wildman–Crippen MR) is 577 cm³/mol. The van der Waals surface area contributed by atoms with Gasteiger partial charge in [0.1, 0.15) is 11.6 Å². The highest BCUT2D eigenvalue weighted by molar-refractivity contribution is 6.15. The van der Waals surface area contributed by atoms with Gasteiger partial charge in [-0.15, -0.1) is 11.6 Å². The van der Waals surface area contributed by atoms with Crippen LogP contribution in [0.3, 0.4) is 0 Å². The van der Waals surface area contributed by atoms with Gasteiger partial charge in [-0.25, -0.2) is 0 Å². The first-order valence-electron chi connectivity index (χ1n) is 47.9. The molecule has 0 saturated heterocycles. The SMILES string of the molecule is C.C.C.C.CC(=O)CC(C)=O.CC(=O)c1cccc(NC(=O)CCC(=O)NCCCOCCOCCOCCCN)c1.CCCCOCCOCCOCCCNC(=O)CCC(=O)Nc1cccc(/C(C)=N/NC)c1.CCCCOCCOCCOCCCNC(=O)CCC(=O)Nc1cccc(C(C)=O)c1.CCl.CN/N=C(\C)c1cccc(NC(=O)CCC(=O)NCCCOCCOCCOCCCN)c1.CNN.[2HH]. The highest BCUT2D eigenvalue weighted by Crippen LogP contribution is 2.17. The molecule has 17 N–H and O–H groups in total. The second kappa shape index (κ2) is 109. The third kappa shape index (κ3) is 98.0. The van der Waals surface area contributed by atoms with Crippen molar-refractivity contribution in [3.8, 4) is 0 Å². The van der Waals surface area contributed by atoms with E-state index in [1.165, 1.54) is 34.1 Å². The zero-order chi connectivity index (χ0) is 104. The number of nitrogens with one attached hydrogen (secondary N) is 11. The van der Waals surface area contributed by atoms with E-state index in [0.29, 0.717) is 244 Å². The number of Topliss-reactive ketones (excluding diaryl/α,β-unsaturated/α-hetero) is 4. The van der Waals surface area contributed by atoms with Crippen LogP contribution in [0.1, 0.15) is 240 Å². The predicted octanol–water partition coefficient (Wildman–Crippen LogP) is 11.7. The summed E-state index contributed by atoms with van der Waals surface area (Å²) in [5, 5.41) is 30.4. The van der Waals surface area contributed by atoms with E-state index in [2.05, 4.69) is 100 Å². The van der Waals surface area contributed by atoms with Crippen LogP contribution in [0.25, 0.3) is 0 Å². The summed E-state index contributed by atoms with van der Waals surface area (Å²) >= 11 is 4.64. The molecule has 0 saturated carbocycles. The van der Waals surface area contributed by atoms with Gasteiger partial charge in [-0.05, 0) is 173 Å². The molecule has 0 aliphatic rings. The lowest BCUT2D eigenvalue weighted by Crippen LogP contribution is -2.26. The fourth-order valence-electron chi connectivity index (χ4n) is 10.9. The number of hydrogen-bond acceptors (Lipinski definition) is 32. The van der Waals surface area contributed by atoms with Gasteiger partial charge in [-0.1, -0.05) is 105 Å². The molecule has 0 heterocycles. The quantitative estimate of drug-likeness (QED) is 0.00371. The van der Waals surface area contributed by atoms with Crippen molar-refractivity contribution < 1.29 is 116 Å². The lowest BCUT2D eigenvalue weighted by atomic mass is 10.1. The molecule has 0 spiro atoms. The number of unbranched alkanes of at least 4 members (excludes halogenated alkanes) is 2. The van der Waals surface area contributed by atoms with Gasteiger partial charge < -0.3 is 122 Å². The summed E-state index contributed by atoms with van der Waals surface area (Å²) in [5.41, 5.74) is 25.4. The largest absolute Gasteiger partial charge is 0.379 e. The molecular weight excluding hydrogens is 1880 g/mol. The van der Waals surface area contributed by atoms with Crippen molar-refractivity contribution in [3.05, 3.63) is 119 Å². The topological polar surface area (TPSA) is 551 Å². The van der Waals surface area contributed by atoms with Crippen LogP contribution in [0.15, 0.2) is 107 Å². The Morgan fingerprint density at radius 2 is 0.479 bits per heavy atom. The number of rotatable bonds is 76. The molecule has 0 bridgehead atoms. The van der Waals surface area contributed by atoms with E-state index < -0.39 is 0 Å². The third-order valence-corrected chi connectivity index (χ3v) is 18.0. The van der Waals surface area contributed by atoms with Crippen LogP contribution in [0.2, 0.25) is 0 Å². The molecule has 0 atom stereocenters. The number of carbonyl (C=O) groups is 12. The molecule has 0 fully saturated rings. The number of alkyl halides is 1. The minimum atomic E-state index is -0.274. The van der Waals surface area contributed by atoms with Crippen LogP contribution in [-0.2, 0) is 105 Å². The van der Waals surface area contributed by atoms with Crippen molar-refractivity contribution in [1.29, 1.82) is 0 Å². The Labute approximate surface area is 865 Å². The first-order chi connectivity index (χ1) is 67.7.